The fraction of sp³-hybridized carbons (Fsp3) is 0.524. The summed E-state index contributed by atoms with van der Waals surface area (Å²) >= 11 is 0. The molecule has 2 heterocycles. The molecule has 0 radical (unpaired) electrons. The van der Waals surface area contributed by atoms with Crippen LogP contribution in [0.5, 0.6) is 0 Å². The highest BCUT2D eigenvalue weighted by molar-refractivity contribution is 5.93. The van der Waals surface area contributed by atoms with Gasteiger partial charge < -0.3 is 14.5 Å². The number of amides is 1. The predicted octanol–water partition coefficient (Wildman–Crippen LogP) is 4.22. The van der Waals surface area contributed by atoms with Crippen LogP contribution in [0.3, 0.4) is 0 Å². The lowest BCUT2D eigenvalue weighted by Crippen LogP contribution is -2.58. The van der Waals surface area contributed by atoms with Gasteiger partial charge in [0.25, 0.3) is 5.69 Å². The first kappa shape index (κ1) is 20.8. The van der Waals surface area contributed by atoms with Gasteiger partial charge in [-0.2, -0.15) is 0 Å². The first-order valence-electron chi connectivity index (χ1n) is 9.84. The molecular formula is C21H28N4O4. The lowest BCUT2D eigenvalue weighted by molar-refractivity contribution is -0.384. The largest absolute Gasteiger partial charge is 0.444 e. The normalized spacial score (nSPS) is 17.7. The number of ether oxygens (including phenoxy) is 1. The lowest BCUT2D eigenvalue weighted by Gasteiger charge is -2.44. The molecule has 0 bridgehead atoms. The summed E-state index contributed by atoms with van der Waals surface area (Å²) in [5.74, 6) is 0.229. The number of rotatable bonds is 3. The minimum absolute atomic E-state index is 0.0273. The number of fused-ring (bicyclic) bond motifs is 1. The van der Waals surface area contributed by atoms with Gasteiger partial charge in [0.05, 0.1) is 16.5 Å². The van der Waals surface area contributed by atoms with Gasteiger partial charge in [0.15, 0.2) is 0 Å². The van der Waals surface area contributed by atoms with Crippen LogP contribution >= 0.6 is 0 Å². The number of pyridine rings is 1. The number of benzene rings is 1. The van der Waals surface area contributed by atoms with Crippen molar-refractivity contribution in [3.05, 3.63) is 40.6 Å². The van der Waals surface area contributed by atoms with E-state index >= 15 is 0 Å². The Morgan fingerprint density at radius 3 is 2.62 bits per heavy atom. The number of hydrogen-bond acceptors (Lipinski definition) is 6. The quantitative estimate of drug-likeness (QED) is 0.566. The number of non-ortho nitro benzene ring substituents is 1. The van der Waals surface area contributed by atoms with Crippen LogP contribution in [0, 0.1) is 16.0 Å². The molecule has 8 nitrogen and oxygen atoms in total. The van der Waals surface area contributed by atoms with Gasteiger partial charge in [-0.3, -0.25) is 15.1 Å². The number of nitrogens with zero attached hydrogens (tertiary/aromatic N) is 4. The van der Waals surface area contributed by atoms with Crippen LogP contribution in [0.1, 0.15) is 34.6 Å². The third kappa shape index (κ3) is 4.58. The summed E-state index contributed by atoms with van der Waals surface area (Å²) in [6.45, 7) is 11.5. The molecule has 1 aromatic carbocycles. The predicted molar refractivity (Wildman–Crippen MR) is 112 cm³/mol. The molecule has 0 unspecified atom stereocenters. The minimum Gasteiger partial charge on any atom is -0.444 e. The van der Waals surface area contributed by atoms with E-state index in [9.17, 15) is 14.9 Å². The van der Waals surface area contributed by atoms with Gasteiger partial charge in [0.2, 0.25) is 0 Å². The van der Waals surface area contributed by atoms with Crippen molar-refractivity contribution in [2.45, 2.75) is 46.3 Å². The molecule has 8 heteroatoms. The molecule has 0 N–H and O–H groups in total. The van der Waals surface area contributed by atoms with Crippen molar-refractivity contribution >= 4 is 28.4 Å². The molecule has 1 aromatic heterocycles. The van der Waals surface area contributed by atoms with Crippen LogP contribution < -0.4 is 4.90 Å². The average molecular weight is 400 g/mol. The summed E-state index contributed by atoms with van der Waals surface area (Å²) in [7, 11) is 0. The summed E-state index contributed by atoms with van der Waals surface area (Å²) in [5.41, 5.74) is 1.10. The molecule has 2 aromatic rings. The number of nitro benzene ring substituents is 1. The van der Waals surface area contributed by atoms with Gasteiger partial charge in [-0.05, 0) is 38.8 Å². The fourth-order valence-electron chi connectivity index (χ4n) is 3.66. The second-order valence-electron chi connectivity index (χ2n) is 8.72. The van der Waals surface area contributed by atoms with Gasteiger partial charge in [-0.1, -0.05) is 13.8 Å². The van der Waals surface area contributed by atoms with E-state index < -0.39 is 10.5 Å². The molecule has 0 saturated carbocycles. The van der Waals surface area contributed by atoms with Crippen molar-refractivity contribution in [1.29, 1.82) is 0 Å². The van der Waals surface area contributed by atoms with Crippen molar-refractivity contribution in [1.82, 2.24) is 9.88 Å². The zero-order valence-electron chi connectivity index (χ0n) is 17.6. The second-order valence-corrected chi connectivity index (χ2v) is 8.72. The van der Waals surface area contributed by atoms with Crippen molar-refractivity contribution in [3.8, 4) is 0 Å². The molecule has 1 fully saturated rings. The molecule has 0 aliphatic carbocycles. The van der Waals surface area contributed by atoms with Crippen molar-refractivity contribution in [2.75, 3.05) is 24.5 Å². The zero-order valence-corrected chi connectivity index (χ0v) is 17.6. The molecule has 3 rings (SSSR count). The highest BCUT2D eigenvalue weighted by Crippen LogP contribution is 2.31. The van der Waals surface area contributed by atoms with E-state index in [2.05, 4.69) is 23.7 Å². The first-order valence-corrected chi connectivity index (χ1v) is 9.84. The van der Waals surface area contributed by atoms with E-state index in [4.69, 9.17) is 4.74 Å². The third-order valence-corrected chi connectivity index (χ3v) is 5.07. The zero-order chi connectivity index (χ0) is 21.3. The van der Waals surface area contributed by atoms with E-state index in [0.29, 0.717) is 25.2 Å². The maximum Gasteiger partial charge on any atom is 0.410 e. The van der Waals surface area contributed by atoms with Crippen LogP contribution in [0.2, 0.25) is 0 Å². The van der Waals surface area contributed by atoms with Gasteiger partial charge in [-0.15, -0.1) is 0 Å². The number of carbonyl (C=O) groups is 1. The maximum atomic E-state index is 12.7. The third-order valence-electron chi connectivity index (χ3n) is 5.07. The fourth-order valence-corrected chi connectivity index (χ4v) is 3.66. The number of aromatic nitrogens is 1. The number of anilines is 1. The second kappa shape index (κ2) is 7.85. The summed E-state index contributed by atoms with van der Waals surface area (Å²) in [6, 6.07) is 6.57. The Morgan fingerprint density at radius 2 is 2.00 bits per heavy atom. The van der Waals surface area contributed by atoms with Crippen LogP contribution in [0.15, 0.2) is 30.5 Å². The Balaban J connectivity index is 1.91. The Bertz CT molecular complexity index is 923. The van der Waals surface area contributed by atoms with E-state index in [1.54, 1.807) is 23.2 Å². The van der Waals surface area contributed by atoms with Crippen LogP contribution in [0.25, 0.3) is 10.9 Å². The summed E-state index contributed by atoms with van der Waals surface area (Å²) in [5, 5.41) is 12.0. The standard InChI is InChI=1S/C21H28N4O4/c1-14(2)19-13-23(10-11-24(19)20(26)29-21(3,4)5)18-8-9-22-17-7-6-15(25(27)28)12-16(17)18/h6-9,12,14,19H,10-11,13H2,1-5H3/t19-/m0/s1. The SMILES string of the molecule is CC(C)[C@@H]1CN(c2ccnc3ccc([N+](=O)[O-])cc23)CCN1C(=O)OC(C)(C)C. The minimum atomic E-state index is -0.546. The average Bonchev–Trinajstić information content (AvgIpc) is 2.65. The van der Waals surface area contributed by atoms with Crippen molar-refractivity contribution < 1.29 is 14.5 Å². The van der Waals surface area contributed by atoms with Gasteiger partial charge in [-0.25, -0.2) is 4.79 Å². The van der Waals surface area contributed by atoms with E-state index in [1.807, 2.05) is 26.8 Å². The molecule has 1 amide bonds. The highest BCUT2D eigenvalue weighted by atomic mass is 16.6. The van der Waals surface area contributed by atoms with Crippen LogP contribution in [0.4, 0.5) is 16.2 Å². The molecule has 1 aliphatic heterocycles. The molecule has 1 atom stereocenters. The van der Waals surface area contributed by atoms with Crippen LogP contribution in [-0.2, 0) is 4.74 Å². The molecule has 29 heavy (non-hydrogen) atoms. The number of piperazine rings is 1. The Morgan fingerprint density at radius 1 is 1.28 bits per heavy atom. The number of hydrogen-bond donors (Lipinski definition) is 0. The maximum absolute atomic E-state index is 12.7. The molecule has 1 aliphatic rings. The summed E-state index contributed by atoms with van der Waals surface area (Å²) in [4.78, 5) is 31.9. The Hall–Kier alpha value is -2.90. The van der Waals surface area contributed by atoms with Gasteiger partial charge >= 0.3 is 6.09 Å². The van der Waals surface area contributed by atoms with E-state index in [0.717, 1.165) is 11.1 Å². The number of nitro groups is 1. The van der Waals surface area contributed by atoms with Gasteiger partial charge in [0.1, 0.15) is 5.60 Å². The number of carbonyl (C=O) groups excluding carboxylic acids is 1. The van der Waals surface area contributed by atoms with E-state index in [1.165, 1.54) is 6.07 Å². The van der Waals surface area contributed by atoms with Crippen molar-refractivity contribution in [3.63, 3.8) is 0 Å². The Labute approximate surface area is 170 Å². The van der Waals surface area contributed by atoms with Crippen molar-refractivity contribution in [2.24, 2.45) is 5.92 Å². The summed E-state index contributed by atoms with van der Waals surface area (Å²) in [6.07, 6.45) is 1.42. The molecule has 1 saturated heterocycles. The Kier molecular flexibility index (Phi) is 5.64. The topological polar surface area (TPSA) is 88.8 Å². The smallest absolute Gasteiger partial charge is 0.410 e. The van der Waals surface area contributed by atoms with Crippen LogP contribution in [-0.4, -0.2) is 52.2 Å². The lowest BCUT2D eigenvalue weighted by atomic mass is 9.99. The molecular weight excluding hydrogens is 372 g/mol. The van der Waals surface area contributed by atoms with E-state index in [-0.39, 0.29) is 23.7 Å². The molecule has 156 valence electrons. The van der Waals surface area contributed by atoms with Gasteiger partial charge in [0, 0.05) is 49.0 Å². The molecule has 0 spiro atoms. The first-order chi connectivity index (χ1) is 13.6. The summed E-state index contributed by atoms with van der Waals surface area (Å²) < 4.78 is 5.59. The highest BCUT2D eigenvalue weighted by Gasteiger charge is 2.35. The monoisotopic (exact) mass is 400 g/mol.